The molecule has 0 saturated heterocycles. The molecule has 2 heterocycles. The highest BCUT2D eigenvalue weighted by Gasteiger charge is 2.15. The van der Waals surface area contributed by atoms with Gasteiger partial charge in [-0.25, -0.2) is 4.98 Å². The lowest BCUT2D eigenvalue weighted by molar-refractivity contribution is -0.132. The van der Waals surface area contributed by atoms with E-state index >= 15 is 0 Å². The molecule has 0 radical (unpaired) electrons. The molecule has 0 aliphatic heterocycles. The largest absolute Gasteiger partial charge is 0.334 e. The molecular weight excluding hydrogens is 294 g/mol. The summed E-state index contributed by atoms with van der Waals surface area (Å²) in [4.78, 5) is 33.2. The molecule has 0 unspecified atom stereocenters. The van der Waals surface area contributed by atoms with Gasteiger partial charge in [-0.3, -0.25) is 14.3 Å². The van der Waals surface area contributed by atoms with E-state index in [0.717, 1.165) is 0 Å². The van der Waals surface area contributed by atoms with Gasteiger partial charge in [-0.2, -0.15) is 5.10 Å². The van der Waals surface area contributed by atoms with Crippen molar-refractivity contribution >= 4 is 16.8 Å². The van der Waals surface area contributed by atoms with Crippen molar-refractivity contribution < 1.29 is 4.79 Å². The summed E-state index contributed by atoms with van der Waals surface area (Å²) in [5, 5.41) is 4.57. The number of fused-ring (bicyclic) bond motifs is 1. The summed E-state index contributed by atoms with van der Waals surface area (Å²) < 4.78 is 1.57. The number of H-pyrrole nitrogens is 1. The highest BCUT2D eigenvalue weighted by Crippen LogP contribution is 2.07. The van der Waals surface area contributed by atoms with Gasteiger partial charge in [0.05, 0.1) is 17.4 Å². The van der Waals surface area contributed by atoms with E-state index in [4.69, 9.17) is 0 Å². The number of benzene rings is 1. The lowest BCUT2D eigenvalue weighted by Gasteiger charge is -2.20. The zero-order chi connectivity index (χ0) is 16.2. The van der Waals surface area contributed by atoms with Gasteiger partial charge >= 0.3 is 0 Å². The summed E-state index contributed by atoms with van der Waals surface area (Å²) >= 11 is 0. The van der Waals surface area contributed by atoms with Crippen molar-refractivity contribution in [2.45, 2.75) is 20.0 Å². The number of carbonyl (C=O) groups excluding carboxylic acids is 1. The van der Waals surface area contributed by atoms with Crippen LogP contribution < -0.4 is 5.56 Å². The third-order valence-corrected chi connectivity index (χ3v) is 3.59. The molecule has 2 aromatic heterocycles. The van der Waals surface area contributed by atoms with Crippen molar-refractivity contribution in [3.05, 3.63) is 58.9 Å². The number of rotatable bonds is 5. The number of nitrogens with zero attached hydrogens (tertiary/aromatic N) is 4. The standard InChI is InChI=1S/C16H17N5O2/c1-2-20(15(22)11-21-9-5-8-17-21)10-14-18-13-7-4-3-6-12(13)16(23)19-14/h3-9H,2,10-11H2,1H3,(H,18,19,23). The Balaban J connectivity index is 1.81. The van der Waals surface area contributed by atoms with Crippen LogP contribution >= 0.6 is 0 Å². The second-order valence-corrected chi connectivity index (χ2v) is 5.14. The van der Waals surface area contributed by atoms with Crippen LogP contribution in [0.4, 0.5) is 0 Å². The maximum Gasteiger partial charge on any atom is 0.258 e. The molecule has 7 heteroatoms. The zero-order valence-corrected chi connectivity index (χ0v) is 12.8. The van der Waals surface area contributed by atoms with E-state index in [0.29, 0.717) is 23.3 Å². The molecule has 0 bridgehead atoms. The number of likely N-dealkylation sites (N-methyl/N-ethyl adjacent to an activating group) is 1. The monoisotopic (exact) mass is 311 g/mol. The fourth-order valence-electron chi connectivity index (χ4n) is 2.40. The summed E-state index contributed by atoms with van der Waals surface area (Å²) in [6, 6.07) is 8.91. The maximum absolute atomic E-state index is 12.3. The number of aromatic amines is 1. The summed E-state index contributed by atoms with van der Waals surface area (Å²) in [7, 11) is 0. The first-order valence-electron chi connectivity index (χ1n) is 7.40. The van der Waals surface area contributed by atoms with Gasteiger partial charge in [0.15, 0.2) is 0 Å². The molecule has 118 valence electrons. The van der Waals surface area contributed by atoms with Crippen molar-refractivity contribution in [1.82, 2.24) is 24.6 Å². The molecule has 0 saturated carbocycles. The number of aromatic nitrogens is 4. The van der Waals surface area contributed by atoms with Crippen LogP contribution in [0.5, 0.6) is 0 Å². The second kappa shape index (κ2) is 6.43. The van der Waals surface area contributed by atoms with Crippen LogP contribution in [0.3, 0.4) is 0 Å². The van der Waals surface area contributed by atoms with E-state index in [9.17, 15) is 9.59 Å². The number of amides is 1. The van der Waals surface area contributed by atoms with Crippen molar-refractivity contribution in [2.24, 2.45) is 0 Å². The van der Waals surface area contributed by atoms with Crippen molar-refractivity contribution in [2.75, 3.05) is 6.54 Å². The highest BCUT2D eigenvalue weighted by atomic mass is 16.2. The molecule has 1 amide bonds. The molecule has 3 rings (SSSR count). The first-order valence-corrected chi connectivity index (χ1v) is 7.40. The van der Waals surface area contributed by atoms with E-state index in [2.05, 4.69) is 15.1 Å². The second-order valence-electron chi connectivity index (χ2n) is 5.14. The van der Waals surface area contributed by atoms with E-state index in [1.165, 1.54) is 0 Å². The number of hydrogen-bond donors (Lipinski definition) is 1. The molecule has 0 fully saturated rings. The van der Waals surface area contributed by atoms with Gasteiger partial charge in [0.1, 0.15) is 12.4 Å². The molecular formula is C16H17N5O2. The topological polar surface area (TPSA) is 83.9 Å². The van der Waals surface area contributed by atoms with Gasteiger partial charge in [-0.15, -0.1) is 0 Å². The average molecular weight is 311 g/mol. The van der Waals surface area contributed by atoms with Crippen LogP contribution in [0.1, 0.15) is 12.7 Å². The minimum absolute atomic E-state index is 0.0768. The normalized spacial score (nSPS) is 10.8. The van der Waals surface area contributed by atoms with Gasteiger partial charge < -0.3 is 9.88 Å². The minimum Gasteiger partial charge on any atom is -0.334 e. The maximum atomic E-state index is 12.3. The summed E-state index contributed by atoms with van der Waals surface area (Å²) in [5.74, 6) is 0.399. The lowest BCUT2D eigenvalue weighted by Crippen LogP contribution is -2.34. The molecule has 23 heavy (non-hydrogen) atoms. The van der Waals surface area contributed by atoms with Crippen LogP contribution in [0.2, 0.25) is 0 Å². The Morgan fingerprint density at radius 2 is 2.13 bits per heavy atom. The predicted octanol–water partition coefficient (Wildman–Crippen LogP) is 1.17. The van der Waals surface area contributed by atoms with Crippen LogP contribution in [-0.2, 0) is 17.9 Å². The summed E-state index contributed by atoms with van der Waals surface area (Å²) in [6.07, 6.45) is 3.37. The first-order chi connectivity index (χ1) is 11.2. The van der Waals surface area contributed by atoms with E-state index in [1.54, 1.807) is 46.2 Å². The number of nitrogens with one attached hydrogen (secondary N) is 1. The van der Waals surface area contributed by atoms with Gasteiger partial charge in [-0.05, 0) is 25.1 Å². The average Bonchev–Trinajstić information content (AvgIpc) is 3.05. The summed E-state index contributed by atoms with van der Waals surface area (Å²) in [5.41, 5.74) is 0.433. The molecule has 0 atom stereocenters. The van der Waals surface area contributed by atoms with Crippen LogP contribution in [0.15, 0.2) is 47.5 Å². The Bertz CT molecular complexity index is 870. The Hall–Kier alpha value is -2.96. The van der Waals surface area contributed by atoms with Gasteiger partial charge in [0.2, 0.25) is 5.91 Å². The quantitative estimate of drug-likeness (QED) is 0.766. The van der Waals surface area contributed by atoms with E-state index in [1.807, 2.05) is 13.0 Å². The molecule has 0 aliphatic rings. The smallest absolute Gasteiger partial charge is 0.258 e. The van der Waals surface area contributed by atoms with Gasteiger partial charge in [0.25, 0.3) is 5.56 Å². The summed E-state index contributed by atoms with van der Waals surface area (Å²) in [6.45, 7) is 2.84. The van der Waals surface area contributed by atoms with Crippen molar-refractivity contribution in [3.8, 4) is 0 Å². The predicted molar refractivity (Wildman–Crippen MR) is 85.7 cm³/mol. The Morgan fingerprint density at radius 1 is 1.30 bits per heavy atom. The van der Waals surface area contributed by atoms with Gasteiger partial charge in [0, 0.05) is 18.9 Å². The number of carbonyl (C=O) groups is 1. The lowest BCUT2D eigenvalue weighted by atomic mass is 10.2. The van der Waals surface area contributed by atoms with E-state index < -0.39 is 0 Å². The fourth-order valence-corrected chi connectivity index (χ4v) is 2.40. The fraction of sp³-hybridized carbons (Fsp3) is 0.250. The number of hydrogen-bond acceptors (Lipinski definition) is 4. The Kier molecular flexibility index (Phi) is 4.18. The number of para-hydroxylation sites is 1. The minimum atomic E-state index is -0.193. The molecule has 1 aromatic carbocycles. The molecule has 0 spiro atoms. The molecule has 3 aromatic rings. The van der Waals surface area contributed by atoms with Crippen molar-refractivity contribution in [3.63, 3.8) is 0 Å². The molecule has 1 N–H and O–H groups in total. The molecule has 7 nitrogen and oxygen atoms in total. The SMILES string of the molecule is CCN(Cc1nc2ccccc2c(=O)[nH]1)C(=O)Cn1cccn1. The third kappa shape index (κ3) is 3.28. The third-order valence-electron chi connectivity index (χ3n) is 3.59. The van der Waals surface area contributed by atoms with Crippen LogP contribution in [0, 0.1) is 0 Å². The van der Waals surface area contributed by atoms with Crippen LogP contribution in [0.25, 0.3) is 10.9 Å². The highest BCUT2D eigenvalue weighted by molar-refractivity contribution is 5.77. The Labute approximate surface area is 132 Å². The van der Waals surface area contributed by atoms with Crippen LogP contribution in [-0.4, -0.2) is 37.1 Å². The van der Waals surface area contributed by atoms with Crippen molar-refractivity contribution in [1.29, 1.82) is 0 Å². The first kappa shape index (κ1) is 15.0. The molecule has 0 aliphatic carbocycles. The Morgan fingerprint density at radius 3 is 2.87 bits per heavy atom. The van der Waals surface area contributed by atoms with E-state index in [-0.39, 0.29) is 24.6 Å². The zero-order valence-electron chi connectivity index (χ0n) is 12.8. The van der Waals surface area contributed by atoms with Gasteiger partial charge in [-0.1, -0.05) is 12.1 Å².